The molecule has 1 aromatic heterocycles. The van der Waals surface area contributed by atoms with Gasteiger partial charge in [-0.3, -0.25) is 9.48 Å². The third-order valence-corrected chi connectivity index (χ3v) is 3.49. The first-order valence-corrected chi connectivity index (χ1v) is 6.90. The summed E-state index contributed by atoms with van der Waals surface area (Å²) >= 11 is 0. The number of hydrogen-bond acceptors (Lipinski definition) is 4. The van der Waals surface area contributed by atoms with Crippen LogP contribution in [-0.4, -0.2) is 28.9 Å². The third-order valence-electron chi connectivity index (χ3n) is 3.49. The molecule has 5 heteroatoms. The molecule has 5 nitrogen and oxygen atoms in total. The minimum absolute atomic E-state index is 0.223. The fraction of sp³-hybridized carbons (Fsp3) is 0.714. The van der Waals surface area contributed by atoms with Gasteiger partial charge in [-0.1, -0.05) is 6.92 Å². The van der Waals surface area contributed by atoms with Gasteiger partial charge in [0.05, 0.1) is 17.7 Å². The van der Waals surface area contributed by atoms with E-state index < -0.39 is 5.41 Å². The number of nitrogens with two attached hydrogens (primary N) is 1. The van der Waals surface area contributed by atoms with Crippen LogP contribution in [0.1, 0.15) is 45.9 Å². The summed E-state index contributed by atoms with van der Waals surface area (Å²) in [5.41, 5.74) is 6.05. The number of ether oxygens (including phenoxy) is 1. The van der Waals surface area contributed by atoms with Crippen molar-refractivity contribution in [1.29, 1.82) is 0 Å². The molecular formula is C14H25N3O2. The molecule has 0 radical (unpaired) electrons. The van der Waals surface area contributed by atoms with E-state index in [0.717, 1.165) is 5.69 Å². The molecule has 0 amide bonds. The van der Waals surface area contributed by atoms with Crippen molar-refractivity contribution in [2.75, 3.05) is 13.2 Å². The van der Waals surface area contributed by atoms with Crippen LogP contribution in [0.3, 0.4) is 0 Å². The van der Waals surface area contributed by atoms with Gasteiger partial charge in [-0.05, 0) is 33.3 Å². The summed E-state index contributed by atoms with van der Waals surface area (Å²) in [6, 6.07) is 2.25. The Balaban J connectivity index is 2.90. The average molecular weight is 267 g/mol. The molecule has 1 atom stereocenters. The Morgan fingerprint density at radius 2 is 2.21 bits per heavy atom. The second kappa shape index (κ2) is 6.70. The molecule has 0 aliphatic heterocycles. The molecule has 1 aromatic rings. The monoisotopic (exact) mass is 267 g/mol. The quantitative estimate of drug-likeness (QED) is 0.766. The van der Waals surface area contributed by atoms with E-state index in [1.807, 2.05) is 30.8 Å². The number of hydrogen-bond donors (Lipinski definition) is 1. The lowest BCUT2D eigenvalue weighted by atomic mass is 9.80. The Morgan fingerprint density at radius 3 is 2.63 bits per heavy atom. The lowest BCUT2D eigenvalue weighted by Crippen LogP contribution is -2.41. The van der Waals surface area contributed by atoms with Gasteiger partial charge in [0.15, 0.2) is 0 Å². The Bertz CT molecular complexity index is 409. The van der Waals surface area contributed by atoms with Gasteiger partial charge >= 0.3 is 5.97 Å². The van der Waals surface area contributed by atoms with Gasteiger partial charge in [0.2, 0.25) is 0 Å². The summed E-state index contributed by atoms with van der Waals surface area (Å²) in [6.45, 7) is 8.56. The fourth-order valence-electron chi connectivity index (χ4n) is 2.03. The minimum Gasteiger partial charge on any atom is -0.466 e. The first kappa shape index (κ1) is 15.7. The molecule has 0 aromatic carbocycles. The van der Waals surface area contributed by atoms with Crippen LogP contribution < -0.4 is 5.73 Å². The molecule has 0 aliphatic carbocycles. The first-order valence-electron chi connectivity index (χ1n) is 6.90. The second-order valence-corrected chi connectivity index (χ2v) is 5.12. The Morgan fingerprint density at radius 1 is 1.53 bits per heavy atom. The van der Waals surface area contributed by atoms with Crippen LogP contribution in [0, 0.1) is 5.41 Å². The predicted molar refractivity (Wildman–Crippen MR) is 74.7 cm³/mol. The molecule has 0 aliphatic rings. The Hall–Kier alpha value is -1.36. The molecule has 1 rings (SSSR count). The summed E-state index contributed by atoms with van der Waals surface area (Å²) < 4.78 is 7.05. The fourth-order valence-corrected chi connectivity index (χ4v) is 2.03. The molecule has 0 saturated carbocycles. The van der Waals surface area contributed by atoms with Crippen LogP contribution in [0.2, 0.25) is 0 Å². The minimum atomic E-state index is -0.661. The number of esters is 1. The van der Waals surface area contributed by atoms with Crippen LogP contribution in [0.25, 0.3) is 0 Å². The molecule has 0 spiro atoms. The van der Waals surface area contributed by atoms with E-state index in [-0.39, 0.29) is 12.5 Å². The molecule has 0 bridgehead atoms. The largest absolute Gasteiger partial charge is 0.466 e. The molecule has 2 N–H and O–H groups in total. The average Bonchev–Trinajstić information content (AvgIpc) is 2.85. The van der Waals surface area contributed by atoms with Gasteiger partial charge in [-0.15, -0.1) is 0 Å². The lowest BCUT2D eigenvalue weighted by Gasteiger charge is -2.27. The van der Waals surface area contributed by atoms with Crippen LogP contribution in [-0.2, 0) is 16.0 Å². The van der Waals surface area contributed by atoms with E-state index in [9.17, 15) is 4.79 Å². The van der Waals surface area contributed by atoms with E-state index >= 15 is 0 Å². The van der Waals surface area contributed by atoms with Gasteiger partial charge < -0.3 is 10.5 Å². The van der Waals surface area contributed by atoms with E-state index in [4.69, 9.17) is 10.5 Å². The van der Waals surface area contributed by atoms with Crippen molar-refractivity contribution in [2.24, 2.45) is 11.1 Å². The maximum atomic E-state index is 12.1. The van der Waals surface area contributed by atoms with Crippen molar-refractivity contribution in [3.63, 3.8) is 0 Å². The van der Waals surface area contributed by atoms with Crippen LogP contribution in [0.15, 0.2) is 12.3 Å². The normalized spacial score (nSPS) is 14.4. The Kier molecular flexibility index (Phi) is 5.54. The summed E-state index contributed by atoms with van der Waals surface area (Å²) in [5, 5.41) is 4.49. The highest BCUT2D eigenvalue weighted by Crippen LogP contribution is 2.27. The highest BCUT2D eigenvalue weighted by Gasteiger charge is 2.37. The van der Waals surface area contributed by atoms with Gasteiger partial charge in [0, 0.05) is 25.2 Å². The standard InChI is InChI=1S/C14H25N3O2/c1-5-14(10-15,13(18)19-6-2)9-12-7-8-17(16-12)11(3)4/h7-8,11H,5-6,9-10,15H2,1-4H3. The van der Waals surface area contributed by atoms with Crippen LogP contribution >= 0.6 is 0 Å². The Labute approximate surface area is 115 Å². The summed E-state index contributed by atoms with van der Waals surface area (Å²) in [7, 11) is 0. The van der Waals surface area contributed by atoms with Crippen molar-refractivity contribution in [3.05, 3.63) is 18.0 Å². The van der Waals surface area contributed by atoms with Gasteiger partial charge in [0.25, 0.3) is 0 Å². The maximum Gasteiger partial charge on any atom is 0.313 e. The highest BCUT2D eigenvalue weighted by molar-refractivity contribution is 5.77. The second-order valence-electron chi connectivity index (χ2n) is 5.12. The molecule has 108 valence electrons. The zero-order chi connectivity index (χ0) is 14.5. The maximum absolute atomic E-state index is 12.1. The third kappa shape index (κ3) is 3.56. The lowest BCUT2D eigenvalue weighted by molar-refractivity contribution is -0.155. The molecular weight excluding hydrogens is 242 g/mol. The topological polar surface area (TPSA) is 70.1 Å². The van der Waals surface area contributed by atoms with E-state index in [1.165, 1.54) is 0 Å². The van der Waals surface area contributed by atoms with Crippen molar-refractivity contribution in [1.82, 2.24) is 9.78 Å². The summed E-state index contributed by atoms with van der Waals surface area (Å²) in [6.07, 6.45) is 3.11. The highest BCUT2D eigenvalue weighted by atomic mass is 16.5. The molecule has 0 saturated heterocycles. The van der Waals surface area contributed by atoms with Crippen molar-refractivity contribution in [3.8, 4) is 0 Å². The number of aromatic nitrogens is 2. The number of nitrogens with zero attached hydrogens (tertiary/aromatic N) is 2. The summed E-state index contributed by atoms with van der Waals surface area (Å²) in [5.74, 6) is -0.223. The number of carbonyl (C=O) groups excluding carboxylic acids is 1. The van der Waals surface area contributed by atoms with Crippen LogP contribution in [0.4, 0.5) is 0 Å². The SMILES string of the molecule is CCOC(=O)C(CC)(CN)Cc1ccn(C(C)C)n1. The van der Waals surface area contributed by atoms with E-state index in [2.05, 4.69) is 18.9 Å². The zero-order valence-corrected chi connectivity index (χ0v) is 12.3. The predicted octanol–water partition coefficient (Wildman–Crippen LogP) is 1.92. The van der Waals surface area contributed by atoms with Gasteiger partial charge in [0.1, 0.15) is 0 Å². The summed E-state index contributed by atoms with van der Waals surface area (Å²) in [4.78, 5) is 12.1. The molecule has 0 fully saturated rings. The molecule has 1 unspecified atom stereocenters. The first-order chi connectivity index (χ1) is 8.99. The smallest absolute Gasteiger partial charge is 0.313 e. The van der Waals surface area contributed by atoms with Gasteiger partial charge in [-0.25, -0.2) is 0 Å². The number of rotatable bonds is 7. The van der Waals surface area contributed by atoms with Crippen LogP contribution in [0.5, 0.6) is 0 Å². The van der Waals surface area contributed by atoms with E-state index in [1.54, 1.807) is 0 Å². The van der Waals surface area contributed by atoms with Crippen molar-refractivity contribution in [2.45, 2.75) is 46.6 Å². The van der Waals surface area contributed by atoms with Crippen molar-refractivity contribution < 1.29 is 9.53 Å². The zero-order valence-electron chi connectivity index (χ0n) is 12.3. The molecule has 1 heterocycles. The van der Waals surface area contributed by atoms with E-state index in [0.29, 0.717) is 25.5 Å². The molecule has 19 heavy (non-hydrogen) atoms. The van der Waals surface area contributed by atoms with Gasteiger partial charge in [-0.2, -0.15) is 5.10 Å². The van der Waals surface area contributed by atoms with Crippen molar-refractivity contribution >= 4 is 5.97 Å². The number of carbonyl (C=O) groups is 1.